The lowest BCUT2D eigenvalue weighted by Crippen LogP contribution is -2.32. The molecule has 0 amide bonds. The Labute approximate surface area is 149 Å². The Hall–Kier alpha value is -2.16. The van der Waals surface area contributed by atoms with Crippen molar-refractivity contribution in [2.75, 3.05) is 13.1 Å². The highest BCUT2D eigenvalue weighted by Gasteiger charge is 2.19. The van der Waals surface area contributed by atoms with E-state index in [-0.39, 0.29) is 18.2 Å². The monoisotopic (exact) mass is 339 g/mol. The quantitative estimate of drug-likeness (QED) is 0.823. The van der Waals surface area contributed by atoms with Crippen LogP contribution in [0.2, 0.25) is 0 Å². The number of rotatable bonds is 2. The molecule has 2 aromatic rings. The molecule has 1 fully saturated rings. The van der Waals surface area contributed by atoms with Crippen molar-refractivity contribution in [2.24, 2.45) is 0 Å². The second-order valence-electron chi connectivity index (χ2n) is 6.09. The van der Waals surface area contributed by atoms with E-state index in [1.807, 2.05) is 36.4 Å². The molecule has 1 N–H and O–H groups in total. The molecule has 124 valence electrons. The Balaban J connectivity index is 0.00000208. The normalized spacial score (nSPS) is 17.8. The summed E-state index contributed by atoms with van der Waals surface area (Å²) in [5.74, 6) is 0.143. The summed E-state index contributed by atoms with van der Waals surface area (Å²) < 4.78 is 0. The largest absolute Gasteiger partial charge is 0.308 e. The van der Waals surface area contributed by atoms with Gasteiger partial charge in [-0.25, -0.2) is 0 Å². The Bertz CT molecular complexity index is 705. The molecule has 1 aliphatic heterocycles. The number of ketones is 1. The molecule has 0 unspecified atom stereocenters. The van der Waals surface area contributed by atoms with Crippen molar-refractivity contribution in [3.63, 3.8) is 0 Å². The van der Waals surface area contributed by atoms with E-state index in [0.717, 1.165) is 22.3 Å². The molecule has 24 heavy (non-hydrogen) atoms. The lowest BCUT2D eigenvalue weighted by atomic mass is 9.95. The van der Waals surface area contributed by atoms with Gasteiger partial charge in [-0.05, 0) is 37.1 Å². The number of halogens is 1. The van der Waals surface area contributed by atoms with E-state index in [1.54, 1.807) is 0 Å². The molecule has 0 atom stereocenters. The van der Waals surface area contributed by atoms with E-state index < -0.39 is 0 Å². The maximum Gasteiger partial charge on any atom is 0.187 e. The number of piperidine rings is 1. The number of Topliss-reactive ketones (excluding diaryl/α,β-unsaturated/α-hetero) is 1. The number of carbonyl (C=O) groups is 1. The first-order valence-corrected chi connectivity index (χ1v) is 7.92. The number of aryl methyl sites for hydroxylation is 2. The highest BCUT2D eigenvalue weighted by Crippen LogP contribution is 2.18. The fraction of sp³-hybridized carbons (Fsp3) is 0.190. The summed E-state index contributed by atoms with van der Waals surface area (Å²) in [6.07, 6.45) is 3.97. The number of benzene rings is 2. The molecule has 2 nitrogen and oxygen atoms in total. The summed E-state index contributed by atoms with van der Waals surface area (Å²) in [5, 5.41) is 3.32. The molecule has 0 bridgehead atoms. The zero-order valence-corrected chi connectivity index (χ0v) is 14.8. The summed E-state index contributed by atoms with van der Waals surface area (Å²) in [6, 6.07) is 16.5. The Morgan fingerprint density at radius 3 is 1.50 bits per heavy atom. The van der Waals surface area contributed by atoms with Crippen molar-refractivity contribution >= 4 is 30.3 Å². The van der Waals surface area contributed by atoms with E-state index >= 15 is 0 Å². The van der Waals surface area contributed by atoms with Crippen LogP contribution in [0.1, 0.15) is 22.3 Å². The molecule has 0 spiro atoms. The third kappa shape index (κ3) is 4.44. The predicted molar refractivity (Wildman–Crippen MR) is 103 cm³/mol. The summed E-state index contributed by atoms with van der Waals surface area (Å²) in [4.78, 5) is 12.7. The number of carbonyl (C=O) groups excluding carboxylic acids is 1. The van der Waals surface area contributed by atoms with Crippen LogP contribution >= 0.6 is 12.4 Å². The van der Waals surface area contributed by atoms with Crippen LogP contribution < -0.4 is 5.32 Å². The van der Waals surface area contributed by atoms with Crippen molar-refractivity contribution in [3.8, 4) is 0 Å². The van der Waals surface area contributed by atoms with Gasteiger partial charge in [-0.15, -0.1) is 12.4 Å². The number of nitrogens with one attached hydrogen (secondary N) is 1. The van der Waals surface area contributed by atoms with Gasteiger partial charge in [0.15, 0.2) is 5.78 Å². The molecule has 1 heterocycles. The zero-order chi connectivity index (χ0) is 16.2. The third-order valence-electron chi connectivity index (χ3n) is 4.05. The fourth-order valence-corrected chi connectivity index (χ4v) is 2.66. The van der Waals surface area contributed by atoms with E-state index in [9.17, 15) is 4.79 Å². The van der Waals surface area contributed by atoms with Gasteiger partial charge in [0.25, 0.3) is 0 Å². The molecule has 1 saturated heterocycles. The van der Waals surface area contributed by atoms with Crippen molar-refractivity contribution in [2.45, 2.75) is 13.8 Å². The fourth-order valence-electron chi connectivity index (χ4n) is 2.66. The van der Waals surface area contributed by atoms with Gasteiger partial charge < -0.3 is 5.32 Å². The number of hydrogen-bond donors (Lipinski definition) is 1. The maximum absolute atomic E-state index is 12.7. The molecular weight excluding hydrogens is 318 g/mol. The molecule has 3 heteroatoms. The summed E-state index contributed by atoms with van der Waals surface area (Å²) in [6.45, 7) is 5.37. The SMILES string of the molecule is Cc1ccc(/C=C2/CNC/C(=C\c3ccc(C)cc3)C2=O)cc1.Cl. The predicted octanol–water partition coefficient (Wildman–Crippen LogP) is 4.36. The van der Waals surface area contributed by atoms with Crippen LogP contribution in [0.15, 0.2) is 59.7 Å². The van der Waals surface area contributed by atoms with Crippen LogP contribution in [0.4, 0.5) is 0 Å². The molecule has 1 aliphatic rings. The minimum absolute atomic E-state index is 0. The van der Waals surface area contributed by atoms with E-state index in [2.05, 4.69) is 43.4 Å². The summed E-state index contributed by atoms with van der Waals surface area (Å²) in [5.41, 5.74) is 6.21. The summed E-state index contributed by atoms with van der Waals surface area (Å²) >= 11 is 0. The van der Waals surface area contributed by atoms with Crippen LogP contribution in [0, 0.1) is 13.8 Å². The minimum Gasteiger partial charge on any atom is -0.308 e. The molecule has 0 aromatic heterocycles. The van der Waals surface area contributed by atoms with Crippen LogP contribution in [-0.4, -0.2) is 18.9 Å². The van der Waals surface area contributed by atoms with E-state index in [1.165, 1.54) is 11.1 Å². The second-order valence-corrected chi connectivity index (χ2v) is 6.09. The lowest BCUT2D eigenvalue weighted by Gasteiger charge is -2.18. The molecular formula is C21H22ClNO. The zero-order valence-electron chi connectivity index (χ0n) is 14.0. The first-order chi connectivity index (χ1) is 11.1. The maximum atomic E-state index is 12.7. The third-order valence-corrected chi connectivity index (χ3v) is 4.05. The van der Waals surface area contributed by atoms with Gasteiger partial charge in [0.1, 0.15) is 0 Å². The molecule has 3 rings (SSSR count). The molecule has 0 aliphatic carbocycles. The molecule has 0 radical (unpaired) electrons. The van der Waals surface area contributed by atoms with Gasteiger partial charge >= 0.3 is 0 Å². The van der Waals surface area contributed by atoms with Gasteiger partial charge in [-0.3, -0.25) is 4.79 Å². The van der Waals surface area contributed by atoms with E-state index in [4.69, 9.17) is 0 Å². The van der Waals surface area contributed by atoms with Crippen molar-refractivity contribution < 1.29 is 4.79 Å². The average Bonchev–Trinajstić information content (AvgIpc) is 2.55. The van der Waals surface area contributed by atoms with Crippen LogP contribution in [0.3, 0.4) is 0 Å². The van der Waals surface area contributed by atoms with E-state index in [0.29, 0.717) is 13.1 Å². The van der Waals surface area contributed by atoms with Gasteiger partial charge in [0.05, 0.1) is 0 Å². The Morgan fingerprint density at radius 2 is 1.12 bits per heavy atom. The van der Waals surface area contributed by atoms with Gasteiger partial charge in [0.2, 0.25) is 0 Å². The summed E-state index contributed by atoms with van der Waals surface area (Å²) in [7, 11) is 0. The highest BCUT2D eigenvalue weighted by atomic mass is 35.5. The second kappa shape index (κ2) is 8.09. The van der Waals surface area contributed by atoms with Gasteiger partial charge in [0, 0.05) is 24.2 Å². The Morgan fingerprint density at radius 1 is 0.750 bits per heavy atom. The van der Waals surface area contributed by atoms with Crippen molar-refractivity contribution in [3.05, 3.63) is 81.9 Å². The van der Waals surface area contributed by atoms with Crippen molar-refractivity contribution in [1.29, 1.82) is 0 Å². The lowest BCUT2D eigenvalue weighted by molar-refractivity contribution is -0.112. The average molecular weight is 340 g/mol. The van der Waals surface area contributed by atoms with Gasteiger partial charge in [-0.1, -0.05) is 59.7 Å². The molecule has 2 aromatic carbocycles. The highest BCUT2D eigenvalue weighted by molar-refractivity contribution is 6.14. The Kier molecular flexibility index (Phi) is 6.13. The van der Waals surface area contributed by atoms with Crippen LogP contribution in [0.5, 0.6) is 0 Å². The topological polar surface area (TPSA) is 29.1 Å². The van der Waals surface area contributed by atoms with Crippen molar-refractivity contribution in [1.82, 2.24) is 5.32 Å². The minimum atomic E-state index is 0. The molecule has 0 saturated carbocycles. The number of hydrogen-bond acceptors (Lipinski definition) is 2. The van der Waals surface area contributed by atoms with Gasteiger partial charge in [-0.2, -0.15) is 0 Å². The first-order valence-electron chi connectivity index (χ1n) is 7.92. The standard InChI is InChI=1S/C21H21NO.ClH/c1-15-3-7-17(8-4-15)11-19-13-22-14-20(21(19)23)12-18-9-5-16(2)6-10-18;/h3-12,22H,13-14H2,1-2H3;1H/b19-11-,20-12+;. The van der Waals surface area contributed by atoms with Crippen LogP contribution in [0.25, 0.3) is 12.2 Å². The smallest absolute Gasteiger partial charge is 0.187 e. The first kappa shape index (κ1) is 18.2. The van der Waals surface area contributed by atoms with Crippen LogP contribution in [-0.2, 0) is 4.79 Å².